The van der Waals surface area contributed by atoms with Crippen molar-refractivity contribution < 1.29 is 22.4 Å². The number of nitrogens with zero attached hydrogens (tertiary/aromatic N) is 3. The van der Waals surface area contributed by atoms with Crippen molar-refractivity contribution in [2.45, 2.75) is 25.6 Å². The van der Waals surface area contributed by atoms with E-state index in [2.05, 4.69) is 15.6 Å². The van der Waals surface area contributed by atoms with Crippen LogP contribution >= 0.6 is 12.4 Å². The molecule has 0 saturated heterocycles. The zero-order chi connectivity index (χ0) is 18.1. The van der Waals surface area contributed by atoms with E-state index in [0.717, 1.165) is 12.1 Å². The molecule has 6 nitrogen and oxygen atoms in total. The second-order valence-electron chi connectivity index (χ2n) is 5.82. The van der Waals surface area contributed by atoms with Crippen molar-refractivity contribution in [1.82, 2.24) is 20.3 Å². The molecule has 138 valence electrons. The summed E-state index contributed by atoms with van der Waals surface area (Å²) in [5.74, 6) is -2.02. The number of hydrogen-bond donors (Lipinski definition) is 2. The number of para-hydroxylation sites is 1. The largest absolute Gasteiger partial charge is 0.435 e. The maximum Gasteiger partial charge on any atom is 0.435 e. The Hall–Kier alpha value is -2.20. The molecular weight excluding hydrogens is 366 g/mol. The Kier molecular flexibility index (Phi) is 6.14. The van der Waals surface area contributed by atoms with Crippen molar-refractivity contribution in [1.29, 1.82) is 0 Å². The lowest BCUT2D eigenvalue weighted by Gasteiger charge is -2.18. The van der Waals surface area contributed by atoms with E-state index in [-0.39, 0.29) is 23.6 Å². The highest BCUT2D eigenvalue weighted by Crippen LogP contribution is 2.33. The van der Waals surface area contributed by atoms with Gasteiger partial charge in [0.25, 0.3) is 5.91 Å². The summed E-state index contributed by atoms with van der Waals surface area (Å²) in [6.45, 7) is 3.11. The molecule has 1 aromatic carbocycles. The van der Waals surface area contributed by atoms with Crippen LogP contribution in [0, 0.1) is 5.82 Å². The van der Waals surface area contributed by atoms with E-state index in [1.807, 2.05) is 0 Å². The maximum absolute atomic E-state index is 13.8. The molecule has 0 bridgehead atoms. The van der Waals surface area contributed by atoms with E-state index in [4.69, 9.17) is 5.73 Å². The smallest absolute Gasteiger partial charge is 0.349 e. The third-order valence-corrected chi connectivity index (χ3v) is 2.94. The Morgan fingerprint density at radius 3 is 2.40 bits per heavy atom. The van der Waals surface area contributed by atoms with Crippen molar-refractivity contribution in [2.75, 3.05) is 6.54 Å². The van der Waals surface area contributed by atoms with E-state index >= 15 is 0 Å². The average Bonchev–Trinajstić information content (AvgIpc) is 2.89. The van der Waals surface area contributed by atoms with Gasteiger partial charge in [-0.15, -0.1) is 17.5 Å². The number of amides is 1. The first kappa shape index (κ1) is 20.8. The summed E-state index contributed by atoms with van der Waals surface area (Å²) < 4.78 is 54.1. The van der Waals surface area contributed by atoms with Gasteiger partial charge >= 0.3 is 6.18 Å². The molecule has 0 aliphatic rings. The number of benzene rings is 1. The first-order valence-corrected chi connectivity index (χ1v) is 6.85. The van der Waals surface area contributed by atoms with E-state index in [9.17, 15) is 22.4 Å². The predicted molar refractivity (Wildman–Crippen MR) is 84.2 cm³/mol. The normalized spacial score (nSPS) is 11.8. The van der Waals surface area contributed by atoms with Gasteiger partial charge in [0.05, 0.1) is 0 Å². The van der Waals surface area contributed by atoms with Gasteiger partial charge in [0.15, 0.2) is 11.4 Å². The van der Waals surface area contributed by atoms with Gasteiger partial charge in [0, 0.05) is 12.1 Å². The summed E-state index contributed by atoms with van der Waals surface area (Å²) in [5, 5.41) is 8.83. The minimum absolute atomic E-state index is 0. The van der Waals surface area contributed by atoms with E-state index in [1.165, 1.54) is 12.1 Å². The lowest BCUT2D eigenvalue weighted by molar-refractivity contribution is -0.143. The van der Waals surface area contributed by atoms with Crippen LogP contribution in [-0.4, -0.2) is 33.0 Å². The first-order valence-electron chi connectivity index (χ1n) is 6.85. The van der Waals surface area contributed by atoms with Crippen LogP contribution in [0.2, 0.25) is 0 Å². The van der Waals surface area contributed by atoms with Gasteiger partial charge in [-0.1, -0.05) is 17.3 Å². The number of hydrogen-bond acceptors (Lipinski definition) is 4. The minimum atomic E-state index is -4.96. The Morgan fingerprint density at radius 2 is 1.88 bits per heavy atom. The molecule has 0 fully saturated rings. The molecule has 0 unspecified atom stereocenters. The predicted octanol–water partition coefficient (Wildman–Crippen LogP) is 2.31. The number of nitrogens with two attached hydrogens (primary N) is 1. The fourth-order valence-electron chi connectivity index (χ4n) is 1.87. The number of alkyl halides is 3. The summed E-state index contributed by atoms with van der Waals surface area (Å²) in [6, 6.07) is 4.74. The lowest BCUT2D eigenvalue weighted by Crippen LogP contribution is -2.45. The number of nitrogens with one attached hydrogen (secondary N) is 1. The van der Waals surface area contributed by atoms with E-state index in [0.29, 0.717) is 0 Å². The summed E-state index contributed by atoms with van der Waals surface area (Å²) in [4.78, 5) is 12.0. The minimum Gasteiger partial charge on any atom is -0.349 e. The molecule has 2 aromatic rings. The van der Waals surface area contributed by atoms with Gasteiger partial charge in [-0.2, -0.15) is 13.2 Å². The quantitative estimate of drug-likeness (QED) is 0.796. The summed E-state index contributed by atoms with van der Waals surface area (Å²) in [6.07, 6.45) is -4.96. The van der Waals surface area contributed by atoms with Crippen LogP contribution in [0.3, 0.4) is 0 Å². The molecule has 2 rings (SSSR count). The van der Waals surface area contributed by atoms with Crippen molar-refractivity contribution in [3.8, 4) is 5.69 Å². The zero-order valence-corrected chi connectivity index (χ0v) is 14.1. The zero-order valence-electron chi connectivity index (χ0n) is 13.3. The molecule has 0 radical (unpaired) electrons. The first-order chi connectivity index (χ1) is 11.0. The van der Waals surface area contributed by atoms with Gasteiger partial charge in [-0.3, -0.25) is 4.79 Å². The van der Waals surface area contributed by atoms with Gasteiger partial charge in [-0.25, -0.2) is 9.07 Å². The van der Waals surface area contributed by atoms with Gasteiger partial charge in [0.1, 0.15) is 11.5 Å². The maximum atomic E-state index is 13.8. The van der Waals surface area contributed by atoms with Crippen LogP contribution in [0.15, 0.2) is 24.3 Å². The molecular formula is C14H16ClF4N5O. The second kappa shape index (κ2) is 7.36. The fraction of sp³-hybridized carbons (Fsp3) is 0.357. The molecule has 1 amide bonds. The van der Waals surface area contributed by atoms with Crippen molar-refractivity contribution in [2.24, 2.45) is 5.73 Å². The topological polar surface area (TPSA) is 85.8 Å². The van der Waals surface area contributed by atoms with Crippen molar-refractivity contribution >= 4 is 18.3 Å². The van der Waals surface area contributed by atoms with Crippen LogP contribution in [0.4, 0.5) is 17.6 Å². The third-order valence-electron chi connectivity index (χ3n) is 2.94. The van der Waals surface area contributed by atoms with Crippen LogP contribution in [0.1, 0.15) is 30.0 Å². The van der Waals surface area contributed by atoms with Crippen molar-refractivity contribution in [3.63, 3.8) is 0 Å². The van der Waals surface area contributed by atoms with Crippen LogP contribution < -0.4 is 11.1 Å². The second-order valence-corrected chi connectivity index (χ2v) is 5.82. The SMILES string of the molecule is CC(C)(N)CNC(=O)c1nnn(-c2ccccc2F)c1C(F)(F)F.Cl. The number of carbonyl (C=O) groups is 1. The molecule has 11 heteroatoms. The molecule has 0 atom stereocenters. The molecule has 0 saturated carbocycles. The van der Waals surface area contributed by atoms with E-state index < -0.39 is 40.5 Å². The number of rotatable bonds is 4. The van der Waals surface area contributed by atoms with Crippen LogP contribution in [-0.2, 0) is 6.18 Å². The highest BCUT2D eigenvalue weighted by atomic mass is 35.5. The van der Waals surface area contributed by atoms with Gasteiger partial charge in [-0.05, 0) is 26.0 Å². The molecule has 0 spiro atoms. The Balaban J connectivity index is 0.00000312. The number of aromatic nitrogens is 3. The molecule has 1 aromatic heterocycles. The van der Waals surface area contributed by atoms with Gasteiger partial charge in [0.2, 0.25) is 0 Å². The van der Waals surface area contributed by atoms with Crippen molar-refractivity contribution in [3.05, 3.63) is 41.5 Å². The molecule has 0 aliphatic carbocycles. The molecule has 3 N–H and O–H groups in total. The number of halogens is 5. The summed E-state index contributed by atoms with van der Waals surface area (Å²) in [5.41, 5.74) is 1.98. The highest BCUT2D eigenvalue weighted by Gasteiger charge is 2.42. The number of carbonyl (C=O) groups excluding carboxylic acids is 1. The molecule has 25 heavy (non-hydrogen) atoms. The summed E-state index contributed by atoms with van der Waals surface area (Å²) in [7, 11) is 0. The Bertz CT molecular complexity index is 754. The molecule has 0 aliphatic heterocycles. The summed E-state index contributed by atoms with van der Waals surface area (Å²) >= 11 is 0. The third kappa shape index (κ3) is 4.89. The Labute approximate surface area is 146 Å². The lowest BCUT2D eigenvalue weighted by atomic mass is 10.1. The highest BCUT2D eigenvalue weighted by molar-refractivity contribution is 5.93. The van der Waals surface area contributed by atoms with Crippen LogP contribution in [0.5, 0.6) is 0 Å². The fourth-order valence-corrected chi connectivity index (χ4v) is 1.87. The van der Waals surface area contributed by atoms with Crippen LogP contribution in [0.25, 0.3) is 5.69 Å². The monoisotopic (exact) mass is 381 g/mol. The average molecular weight is 382 g/mol. The van der Waals surface area contributed by atoms with Gasteiger partial charge < -0.3 is 11.1 Å². The Morgan fingerprint density at radius 1 is 1.28 bits per heavy atom. The molecule has 1 heterocycles. The standard InChI is InChI=1S/C14H15F4N5O.ClH/c1-13(2,19)7-20-12(24)10-11(14(16,17)18)23(22-21-10)9-6-4-3-5-8(9)15;/h3-6H,7,19H2,1-2H3,(H,20,24);1H. The van der Waals surface area contributed by atoms with E-state index in [1.54, 1.807) is 13.8 Å².